The Bertz CT molecular complexity index is 217. The Morgan fingerprint density at radius 3 is 1.45 bits per heavy atom. The molecule has 1 amide bonds. The Hall–Kier alpha value is -1.12. The van der Waals surface area contributed by atoms with E-state index in [9.17, 15) is 9.59 Å². The van der Waals surface area contributed by atoms with Crippen LogP contribution in [0.1, 0.15) is 81.1 Å². The van der Waals surface area contributed by atoms with E-state index in [0.717, 1.165) is 5.57 Å². The molecule has 3 heteroatoms. The van der Waals surface area contributed by atoms with E-state index in [0.29, 0.717) is 6.42 Å². The molecule has 0 spiro atoms. The van der Waals surface area contributed by atoms with Gasteiger partial charge in [-0.3, -0.25) is 9.59 Å². The first-order valence-electron chi connectivity index (χ1n) is 7.78. The molecule has 0 heterocycles. The average molecular weight is 287 g/mol. The molecule has 0 rings (SSSR count). The predicted octanol–water partition coefficient (Wildman–Crippen LogP) is 4.89. The predicted molar refractivity (Wildman–Crippen MR) is 90.7 cm³/mol. The van der Waals surface area contributed by atoms with Gasteiger partial charge in [-0.2, -0.15) is 0 Å². The molecule has 3 nitrogen and oxygen atoms in total. The fraction of sp³-hybridized carbons (Fsp3) is 0.765. The van der Waals surface area contributed by atoms with Crippen molar-refractivity contribution >= 4 is 11.7 Å². The van der Waals surface area contributed by atoms with Crippen LogP contribution in [-0.2, 0) is 9.59 Å². The Morgan fingerprint density at radius 2 is 1.30 bits per heavy atom. The standard InChI is InChI=1S/C9H15NO2.C4H10.2C2H6/c1-6(2)4-8(7(3)11)5-9(10)12;1-3-4-2;2*1-2/h8H,1,4-5H2,2-3H3,(H2,10,12);3-4H2,1-2H3;2*1-2H3. The maximum atomic E-state index is 11.0. The molecule has 122 valence electrons. The van der Waals surface area contributed by atoms with Gasteiger partial charge in [0, 0.05) is 12.3 Å². The molecule has 0 aromatic heterocycles. The third kappa shape index (κ3) is 30.2. The Kier molecular flexibility index (Phi) is 31.4. The number of allylic oxidation sites excluding steroid dienone is 1. The highest BCUT2D eigenvalue weighted by molar-refractivity contribution is 5.85. The lowest BCUT2D eigenvalue weighted by molar-refractivity contribution is -0.126. The van der Waals surface area contributed by atoms with Crippen LogP contribution in [0.25, 0.3) is 0 Å². The van der Waals surface area contributed by atoms with Crippen LogP contribution in [0.15, 0.2) is 12.2 Å². The first-order valence-corrected chi connectivity index (χ1v) is 7.78. The zero-order valence-corrected chi connectivity index (χ0v) is 15.0. The number of carbonyl (C=O) groups excluding carboxylic acids is 2. The van der Waals surface area contributed by atoms with Gasteiger partial charge in [0.05, 0.1) is 0 Å². The lowest BCUT2D eigenvalue weighted by Crippen LogP contribution is -2.21. The SMILES string of the molecule is C=C(C)CC(CC(N)=O)C(C)=O.CC.CC.CCCC. The molecule has 1 atom stereocenters. The van der Waals surface area contributed by atoms with Crippen molar-refractivity contribution in [1.29, 1.82) is 0 Å². The van der Waals surface area contributed by atoms with Gasteiger partial charge in [-0.15, -0.1) is 6.58 Å². The van der Waals surface area contributed by atoms with Gasteiger partial charge in [-0.1, -0.05) is 60.0 Å². The monoisotopic (exact) mass is 287 g/mol. The van der Waals surface area contributed by atoms with Crippen LogP contribution in [-0.4, -0.2) is 11.7 Å². The smallest absolute Gasteiger partial charge is 0.218 e. The normalized spacial score (nSPS) is 9.40. The van der Waals surface area contributed by atoms with Crippen molar-refractivity contribution in [2.24, 2.45) is 11.7 Å². The number of hydrogen-bond acceptors (Lipinski definition) is 2. The molecular formula is C17H37NO2. The quantitative estimate of drug-likeness (QED) is 0.707. The summed E-state index contributed by atoms with van der Waals surface area (Å²) in [7, 11) is 0. The zero-order valence-electron chi connectivity index (χ0n) is 15.0. The van der Waals surface area contributed by atoms with E-state index in [1.54, 1.807) is 0 Å². The molecule has 0 bridgehead atoms. The van der Waals surface area contributed by atoms with Gasteiger partial charge < -0.3 is 5.73 Å². The molecule has 0 saturated heterocycles. The number of nitrogens with two attached hydrogens (primary N) is 1. The van der Waals surface area contributed by atoms with Gasteiger partial charge in [-0.25, -0.2) is 0 Å². The molecule has 0 saturated carbocycles. The maximum Gasteiger partial charge on any atom is 0.218 e. The minimum absolute atomic E-state index is 0.00296. The number of primary amides is 1. The van der Waals surface area contributed by atoms with E-state index in [1.807, 2.05) is 34.6 Å². The summed E-state index contributed by atoms with van der Waals surface area (Å²) in [4.78, 5) is 21.5. The molecule has 0 fully saturated rings. The molecule has 1 unspecified atom stereocenters. The first-order chi connectivity index (χ1) is 9.34. The van der Waals surface area contributed by atoms with Crippen molar-refractivity contribution in [3.63, 3.8) is 0 Å². The molecule has 20 heavy (non-hydrogen) atoms. The van der Waals surface area contributed by atoms with E-state index < -0.39 is 5.91 Å². The lowest BCUT2D eigenvalue weighted by atomic mass is 9.94. The Balaban J connectivity index is -0.000000134. The second-order valence-electron chi connectivity index (χ2n) is 4.14. The summed E-state index contributed by atoms with van der Waals surface area (Å²) < 4.78 is 0. The number of ketones is 1. The van der Waals surface area contributed by atoms with Crippen LogP contribution >= 0.6 is 0 Å². The van der Waals surface area contributed by atoms with Crippen molar-refractivity contribution in [1.82, 2.24) is 0 Å². The number of carbonyl (C=O) groups is 2. The van der Waals surface area contributed by atoms with Crippen molar-refractivity contribution < 1.29 is 9.59 Å². The van der Waals surface area contributed by atoms with Crippen LogP contribution in [0.2, 0.25) is 0 Å². The van der Waals surface area contributed by atoms with Crippen molar-refractivity contribution in [3.05, 3.63) is 12.2 Å². The minimum Gasteiger partial charge on any atom is -0.370 e. The average Bonchev–Trinajstić information content (AvgIpc) is 2.41. The Morgan fingerprint density at radius 1 is 0.950 bits per heavy atom. The molecule has 0 radical (unpaired) electrons. The third-order valence-electron chi connectivity index (χ3n) is 2.12. The summed E-state index contributed by atoms with van der Waals surface area (Å²) in [6.45, 7) is 19.3. The summed E-state index contributed by atoms with van der Waals surface area (Å²) in [5.41, 5.74) is 5.89. The molecular weight excluding hydrogens is 250 g/mol. The second-order valence-corrected chi connectivity index (χ2v) is 4.14. The topological polar surface area (TPSA) is 60.2 Å². The van der Waals surface area contributed by atoms with Crippen LogP contribution in [0.3, 0.4) is 0 Å². The maximum absolute atomic E-state index is 11.0. The lowest BCUT2D eigenvalue weighted by Gasteiger charge is -2.10. The highest BCUT2D eigenvalue weighted by Gasteiger charge is 2.16. The number of Topliss-reactive ketones (excluding diaryl/α,β-unsaturated/α-hetero) is 1. The van der Waals surface area contributed by atoms with Crippen molar-refractivity contribution in [2.75, 3.05) is 0 Å². The fourth-order valence-electron chi connectivity index (χ4n) is 1.02. The van der Waals surface area contributed by atoms with E-state index in [4.69, 9.17) is 5.73 Å². The van der Waals surface area contributed by atoms with E-state index in [-0.39, 0.29) is 18.1 Å². The molecule has 0 aliphatic rings. The number of unbranched alkanes of at least 4 members (excludes halogenated alkanes) is 1. The number of hydrogen-bond donors (Lipinski definition) is 1. The summed E-state index contributed by atoms with van der Waals surface area (Å²) in [6.07, 6.45) is 3.32. The first kappa shape index (κ1) is 27.3. The number of rotatable bonds is 6. The summed E-state index contributed by atoms with van der Waals surface area (Å²) in [5.74, 6) is -0.715. The van der Waals surface area contributed by atoms with Gasteiger partial charge >= 0.3 is 0 Å². The molecule has 0 aromatic carbocycles. The third-order valence-corrected chi connectivity index (χ3v) is 2.12. The second kappa shape index (κ2) is 23.0. The van der Waals surface area contributed by atoms with Gasteiger partial charge in [0.25, 0.3) is 0 Å². The minimum atomic E-state index is -0.434. The highest BCUT2D eigenvalue weighted by atomic mass is 16.1. The van der Waals surface area contributed by atoms with Gasteiger partial charge in [0.2, 0.25) is 5.91 Å². The summed E-state index contributed by atoms with van der Waals surface area (Å²) in [6, 6.07) is 0. The van der Waals surface area contributed by atoms with Crippen LogP contribution in [0, 0.1) is 5.92 Å². The zero-order chi connectivity index (χ0) is 17.1. The van der Waals surface area contributed by atoms with Gasteiger partial charge in [0.1, 0.15) is 5.78 Å². The Labute approximate surface area is 127 Å². The van der Waals surface area contributed by atoms with E-state index in [2.05, 4.69) is 20.4 Å². The molecule has 0 aromatic rings. The van der Waals surface area contributed by atoms with Gasteiger partial charge in [0.15, 0.2) is 0 Å². The van der Waals surface area contributed by atoms with Crippen LogP contribution in [0.5, 0.6) is 0 Å². The molecule has 2 N–H and O–H groups in total. The van der Waals surface area contributed by atoms with E-state index in [1.165, 1.54) is 19.8 Å². The van der Waals surface area contributed by atoms with Crippen molar-refractivity contribution in [3.8, 4) is 0 Å². The summed E-state index contributed by atoms with van der Waals surface area (Å²) >= 11 is 0. The number of amides is 1. The molecule has 0 aliphatic heterocycles. The van der Waals surface area contributed by atoms with Crippen LogP contribution in [0.4, 0.5) is 0 Å². The summed E-state index contributed by atoms with van der Waals surface area (Å²) in [5, 5.41) is 0. The highest BCUT2D eigenvalue weighted by Crippen LogP contribution is 2.14. The van der Waals surface area contributed by atoms with Crippen LogP contribution < -0.4 is 5.73 Å². The van der Waals surface area contributed by atoms with Gasteiger partial charge in [-0.05, 0) is 20.3 Å². The fourth-order valence-corrected chi connectivity index (χ4v) is 1.02. The van der Waals surface area contributed by atoms with Crippen molar-refractivity contribution in [2.45, 2.75) is 81.1 Å². The largest absolute Gasteiger partial charge is 0.370 e. The molecule has 0 aliphatic carbocycles. The van der Waals surface area contributed by atoms with E-state index >= 15 is 0 Å².